The minimum Gasteiger partial charge on any atom is -0.466 e. The topological polar surface area (TPSA) is 26.3 Å². The predicted octanol–water partition coefficient (Wildman–Crippen LogP) is 2.85. The van der Waals surface area contributed by atoms with Crippen LogP contribution in [0.3, 0.4) is 0 Å². The summed E-state index contributed by atoms with van der Waals surface area (Å²) < 4.78 is 4.80. The lowest BCUT2D eigenvalue weighted by atomic mass is 10.2. The van der Waals surface area contributed by atoms with Crippen molar-refractivity contribution in [2.45, 2.75) is 32.6 Å². The summed E-state index contributed by atoms with van der Waals surface area (Å²) in [5.74, 6) is -0.188. The molecule has 0 saturated heterocycles. The van der Waals surface area contributed by atoms with E-state index in [0.717, 1.165) is 25.7 Å². The summed E-state index contributed by atoms with van der Waals surface area (Å²) in [6, 6.07) is 0. The van der Waals surface area contributed by atoms with Crippen molar-refractivity contribution in [2.24, 2.45) is 0 Å². The largest absolute Gasteiger partial charge is 0.466 e. The first-order valence-electron chi connectivity index (χ1n) is 4.68. The summed E-state index contributed by atoms with van der Waals surface area (Å²) in [6.45, 7) is 5.58. The van der Waals surface area contributed by atoms with E-state index in [2.05, 4.69) is 12.7 Å². The first-order valence-corrected chi connectivity index (χ1v) is 4.68. The minimum atomic E-state index is -0.188. The van der Waals surface area contributed by atoms with Gasteiger partial charge < -0.3 is 4.74 Å². The first kappa shape index (κ1) is 11.9. The fraction of sp³-hybridized carbons (Fsp3) is 0.545. The molecule has 0 saturated carbocycles. The molecule has 0 amide bonds. The number of hydrogen-bond acceptors (Lipinski definition) is 2. The standard InChI is InChI=1S/C11H18O2/c1-3-4-5-6-7-8-9-10-13-11(2)12/h3-5H,1,6-10H2,2H3. The Morgan fingerprint density at radius 2 is 2.15 bits per heavy atom. The molecule has 0 aromatic carbocycles. The Morgan fingerprint density at radius 1 is 1.38 bits per heavy atom. The van der Waals surface area contributed by atoms with Crippen molar-refractivity contribution < 1.29 is 9.53 Å². The second kappa shape index (κ2) is 9.04. The Labute approximate surface area is 80.3 Å². The van der Waals surface area contributed by atoms with Crippen molar-refractivity contribution in [3.8, 4) is 0 Å². The molecule has 2 heteroatoms. The highest BCUT2D eigenvalue weighted by atomic mass is 16.5. The Bertz CT molecular complexity index is 171. The van der Waals surface area contributed by atoms with Crippen LogP contribution in [0.25, 0.3) is 0 Å². The van der Waals surface area contributed by atoms with Gasteiger partial charge in [0.2, 0.25) is 0 Å². The van der Waals surface area contributed by atoms with E-state index in [0.29, 0.717) is 6.61 Å². The van der Waals surface area contributed by atoms with Gasteiger partial charge in [-0.15, -0.1) is 0 Å². The molecule has 0 aliphatic carbocycles. The van der Waals surface area contributed by atoms with Gasteiger partial charge in [-0.3, -0.25) is 4.79 Å². The van der Waals surface area contributed by atoms with Gasteiger partial charge in [-0.05, 0) is 25.7 Å². The number of hydrogen-bond donors (Lipinski definition) is 0. The second-order valence-electron chi connectivity index (χ2n) is 2.85. The highest BCUT2D eigenvalue weighted by Crippen LogP contribution is 2.01. The number of carbonyl (C=O) groups is 1. The van der Waals surface area contributed by atoms with Crippen molar-refractivity contribution in [1.82, 2.24) is 0 Å². The molecule has 0 spiro atoms. The molecule has 0 bridgehead atoms. The highest BCUT2D eigenvalue weighted by molar-refractivity contribution is 5.65. The molecule has 0 fully saturated rings. The molecule has 2 nitrogen and oxygen atoms in total. The third kappa shape index (κ3) is 10.9. The van der Waals surface area contributed by atoms with Crippen LogP contribution in [-0.2, 0) is 9.53 Å². The predicted molar refractivity (Wildman–Crippen MR) is 54.4 cm³/mol. The highest BCUT2D eigenvalue weighted by Gasteiger charge is 1.91. The van der Waals surface area contributed by atoms with E-state index >= 15 is 0 Å². The van der Waals surface area contributed by atoms with Gasteiger partial charge >= 0.3 is 5.97 Å². The third-order valence-electron chi connectivity index (χ3n) is 1.59. The number of ether oxygens (including phenoxy) is 1. The summed E-state index contributed by atoms with van der Waals surface area (Å²) >= 11 is 0. The number of unbranched alkanes of at least 4 members (excludes halogenated alkanes) is 3. The van der Waals surface area contributed by atoms with Crippen LogP contribution >= 0.6 is 0 Å². The maximum Gasteiger partial charge on any atom is 0.302 e. The second-order valence-corrected chi connectivity index (χ2v) is 2.85. The van der Waals surface area contributed by atoms with Gasteiger partial charge in [0.25, 0.3) is 0 Å². The number of allylic oxidation sites excluding steroid dienone is 3. The van der Waals surface area contributed by atoms with Gasteiger partial charge in [0.05, 0.1) is 6.61 Å². The smallest absolute Gasteiger partial charge is 0.302 e. The molecule has 0 atom stereocenters. The maximum atomic E-state index is 10.4. The Hall–Kier alpha value is -1.05. The SMILES string of the molecule is C=CC=CCCCCCOC(C)=O. The molecule has 0 aliphatic heterocycles. The molecule has 0 rings (SSSR count). The van der Waals surface area contributed by atoms with Crippen molar-refractivity contribution in [3.05, 3.63) is 24.8 Å². The van der Waals surface area contributed by atoms with Crippen molar-refractivity contribution in [1.29, 1.82) is 0 Å². The molecule has 13 heavy (non-hydrogen) atoms. The summed E-state index contributed by atoms with van der Waals surface area (Å²) in [5.41, 5.74) is 0. The Kier molecular flexibility index (Phi) is 8.31. The monoisotopic (exact) mass is 182 g/mol. The lowest BCUT2D eigenvalue weighted by Crippen LogP contribution is -1.99. The van der Waals surface area contributed by atoms with Crippen LogP contribution in [0.15, 0.2) is 24.8 Å². The zero-order chi connectivity index (χ0) is 9.94. The fourth-order valence-corrected chi connectivity index (χ4v) is 0.949. The molecule has 0 heterocycles. The van der Waals surface area contributed by atoms with Gasteiger partial charge in [0.15, 0.2) is 0 Å². The van der Waals surface area contributed by atoms with E-state index in [9.17, 15) is 4.79 Å². The van der Waals surface area contributed by atoms with Crippen LogP contribution in [-0.4, -0.2) is 12.6 Å². The number of carbonyl (C=O) groups excluding carboxylic acids is 1. The average Bonchev–Trinajstić information content (AvgIpc) is 2.09. The molecule has 0 aromatic rings. The van der Waals surface area contributed by atoms with Gasteiger partial charge in [0.1, 0.15) is 0 Å². The molecule has 0 aromatic heterocycles. The first-order chi connectivity index (χ1) is 6.27. The van der Waals surface area contributed by atoms with Gasteiger partial charge in [0, 0.05) is 6.92 Å². The zero-order valence-electron chi connectivity index (χ0n) is 8.29. The van der Waals surface area contributed by atoms with Crippen LogP contribution in [0.4, 0.5) is 0 Å². The van der Waals surface area contributed by atoms with E-state index in [1.54, 1.807) is 6.08 Å². The molecule has 0 radical (unpaired) electrons. The third-order valence-corrected chi connectivity index (χ3v) is 1.59. The van der Waals surface area contributed by atoms with Crippen molar-refractivity contribution in [2.75, 3.05) is 6.61 Å². The molecular weight excluding hydrogens is 164 g/mol. The molecule has 0 N–H and O–H groups in total. The van der Waals surface area contributed by atoms with Crippen LogP contribution in [0.1, 0.15) is 32.6 Å². The summed E-state index contributed by atoms with van der Waals surface area (Å²) in [6.07, 6.45) is 10.1. The lowest BCUT2D eigenvalue weighted by molar-refractivity contribution is -0.141. The van der Waals surface area contributed by atoms with Crippen LogP contribution in [0.2, 0.25) is 0 Å². The van der Waals surface area contributed by atoms with E-state index in [1.165, 1.54) is 6.92 Å². The normalized spacial score (nSPS) is 10.2. The van der Waals surface area contributed by atoms with E-state index in [-0.39, 0.29) is 5.97 Å². The van der Waals surface area contributed by atoms with E-state index in [4.69, 9.17) is 4.74 Å². The van der Waals surface area contributed by atoms with Gasteiger partial charge in [-0.1, -0.05) is 24.8 Å². The fourth-order valence-electron chi connectivity index (χ4n) is 0.949. The average molecular weight is 182 g/mol. The van der Waals surface area contributed by atoms with E-state index in [1.807, 2.05) is 6.08 Å². The van der Waals surface area contributed by atoms with Crippen LogP contribution in [0, 0.1) is 0 Å². The molecule has 0 aliphatic rings. The Balaban J connectivity index is 3.03. The van der Waals surface area contributed by atoms with Gasteiger partial charge in [-0.2, -0.15) is 0 Å². The lowest BCUT2D eigenvalue weighted by Gasteiger charge is -1.99. The van der Waals surface area contributed by atoms with Gasteiger partial charge in [-0.25, -0.2) is 0 Å². The van der Waals surface area contributed by atoms with Crippen molar-refractivity contribution >= 4 is 5.97 Å². The summed E-state index contributed by atoms with van der Waals surface area (Å²) in [4.78, 5) is 10.4. The summed E-state index contributed by atoms with van der Waals surface area (Å²) in [7, 11) is 0. The number of esters is 1. The quantitative estimate of drug-likeness (QED) is 0.344. The summed E-state index contributed by atoms with van der Waals surface area (Å²) in [5, 5.41) is 0. The number of rotatable bonds is 7. The molecule has 74 valence electrons. The van der Waals surface area contributed by atoms with Crippen LogP contribution in [0.5, 0.6) is 0 Å². The molecular formula is C11H18O2. The molecule has 0 unspecified atom stereocenters. The van der Waals surface area contributed by atoms with E-state index < -0.39 is 0 Å². The minimum absolute atomic E-state index is 0.188. The van der Waals surface area contributed by atoms with Crippen molar-refractivity contribution in [3.63, 3.8) is 0 Å². The zero-order valence-corrected chi connectivity index (χ0v) is 8.29. The van der Waals surface area contributed by atoms with Crippen LogP contribution < -0.4 is 0 Å². The Morgan fingerprint density at radius 3 is 2.77 bits per heavy atom. The maximum absolute atomic E-state index is 10.4.